The molecule has 0 saturated heterocycles. The Morgan fingerprint density at radius 2 is 2.10 bits per heavy atom. The van der Waals surface area contributed by atoms with E-state index < -0.39 is 5.60 Å². The van der Waals surface area contributed by atoms with Crippen LogP contribution in [0.1, 0.15) is 39.7 Å². The molecule has 0 aromatic heterocycles. The highest BCUT2D eigenvalue weighted by Crippen LogP contribution is 2.25. The lowest BCUT2D eigenvalue weighted by Gasteiger charge is -2.19. The molecule has 1 rings (SSSR count). The van der Waals surface area contributed by atoms with Gasteiger partial charge >= 0.3 is 5.97 Å². The van der Waals surface area contributed by atoms with Crippen LogP contribution in [-0.4, -0.2) is 23.9 Å². The van der Waals surface area contributed by atoms with Gasteiger partial charge in [-0.05, 0) is 51.4 Å². The molecule has 5 heteroatoms. The van der Waals surface area contributed by atoms with Gasteiger partial charge in [0.1, 0.15) is 5.60 Å². The monoisotopic (exact) mass is 329 g/mol. The minimum absolute atomic E-state index is 0.211. The number of esters is 1. The first-order valence-corrected chi connectivity index (χ1v) is 8.52. The number of nitrogens with one attached hydrogen (secondary N) is 1. The largest absolute Gasteiger partial charge is 0.459 e. The summed E-state index contributed by atoms with van der Waals surface area (Å²) in [5.41, 5.74) is 0.635. The molecule has 118 valence electrons. The third-order valence-electron chi connectivity index (χ3n) is 2.54. The van der Waals surface area contributed by atoms with Gasteiger partial charge in [-0.3, -0.25) is 4.79 Å². The summed E-state index contributed by atoms with van der Waals surface area (Å²) in [7, 11) is 0. The number of ether oxygens (including phenoxy) is 1. The van der Waals surface area contributed by atoms with Crippen LogP contribution in [0.15, 0.2) is 23.1 Å². The van der Waals surface area contributed by atoms with Crippen molar-refractivity contribution in [3.05, 3.63) is 28.8 Å². The predicted molar refractivity (Wildman–Crippen MR) is 90.0 cm³/mol. The zero-order chi connectivity index (χ0) is 15.9. The average Bonchev–Trinajstić information content (AvgIpc) is 2.37. The van der Waals surface area contributed by atoms with E-state index in [1.165, 1.54) is 11.8 Å². The molecule has 0 aliphatic heterocycles. The van der Waals surface area contributed by atoms with E-state index in [2.05, 4.69) is 12.2 Å². The molecule has 3 nitrogen and oxygen atoms in total. The molecular weight excluding hydrogens is 306 g/mol. The molecule has 0 spiro atoms. The minimum Gasteiger partial charge on any atom is -0.459 e. The van der Waals surface area contributed by atoms with Crippen LogP contribution in [0.5, 0.6) is 0 Å². The standard InChI is InChI=1S/C16H24ClNO2S/c1-5-8-18-10-12-6-7-13(9-14(12)17)21-11-15(19)20-16(2,3)4/h6-7,9,18H,5,8,10-11H2,1-4H3. The minimum atomic E-state index is -0.440. The van der Waals surface area contributed by atoms with E-state index in [1.807, 2.05) is 39.0 Å². The fourth-order valence-corrected chi connectivity index (χ4v) is 2.70. The Hall–Kier alpha value is -0.710. The highest BCUT2D eigenvalue weighted by atomic mass is 35.5. The molecule has 0 atom stereocenters. The summed E-state index contributed by atoms with van der Waals surface area (Å²) in [5.74, 6) is 0.0819. The van der Waals surface area contributed by atoms with Gasteiger partial charge in [-0.15, -0.1) is 11.8 Å². The molecule has 0 bridgehead atoms. The Morgan fingerprint density at radius 1 is 1.38 bits per heavy atom. The molecule has 0 aliphatic carbocycles. The molecule has 0 unspecified atom stereocenters. The van der Waals surface area contributed by atoms with E-state index in [-0.39, 0.29) is 5.97 Å². The Morgan fingerprint density at radius 3 is 2.67 bits per heavy atom. The normalized spacial score (nSPS) is 11.5. The van der Waals surface area contributed by atoms with Crippen LogP contribution < -0.4 is 5.32 Å². The van der Waals surface area contributed by atoms with Gasteiger partial charge in [0.15, 0.2) is 0 Å². The van der Waals surface area contributed by atoms with Crippen molar-refractivity contribution in [2.45, 2.75) is 51.2 Å². The Kier molecular flexibility index (Phi) is 7.57. The first-order valence-electron chi connectivity index (χ1n) is 7.15. The number of carbonyl (C=O) groups is 1. The van der Waals surface area contributed by atoms with E-state index in [0.717, 1.165) is 35.0 Å². The van der Waals surface area contributed by atoms with Gasteiger partial charge in [0.25, 0.3) is 0 Å². The fourth-order valence-electron chi connectivity index (χ4n) is 1.67. The van der Waals surface area contributed by atoms with Crippen molar-refractivity contribution in [2.75, 3.05) is 12.3 Å². The van der Waals surface area contributed by atoms with Crippen LogP contribution in [0.4, 0.5) is 0 Å². The van der Waals surface area contributed by atoms with Crippen molar-refractivity contribution in [3.8, 4) is 0 Å². The van der Waals surface area contributed by atoms with Crippen LogP contribution >= 0.6 is 23.4 Å². The predicted octanol–water partition coefficient (Wildman–Crippen LogP) is 4.27. The van der Waals surface area contributed by atoms with Crippen molar-refractivity contribution >= 4 is 29.3 Å². The van der Waals surface area contributed by atoms with Crippen molar-refractivity contribution in [1.82, 2.24) is 5.32 Å². The molecule has 0 fully saturated rings. The zero-order valence-electron chi connectivity index (χ0n) is 13.2. The highest BCUT2D eigenvalue weighted by molar-refractivity contribution is 8.00. The van der Waals surface area contributed by atoms with E-state index in [9.17, 15) is 4.79 Å². The van der Waals surface area contributed by atoms with Gasteiger partial charge in [-0.2, -0.15) is 0 Å². The highest BCUT2D eigenvalue weighted by Gasteiger charge is 2.16. The summed E-state index contributed by atoms with van der Waals surface area (Å²) < 4.78 is 5.28. The third-order valence-corrected chi connectivity index (χ3v) is 3.86. The zero-order valence-corrected chi connectivity index (χ0v) is 14.7. The summed E-state index contributed by atoms with van der Waals surface area (Å²) in [6.45, 7) is 9.47. The van der Waals surface area contributed by atoms with Gasteiger partial charge in [0.05, 0.1) is 5.75 Å². The summed E-state index contributed by atoms with van der Waals surface area (Å²) in [4.78, 5) is 12.6. The van der Waals surface area contributed by atoms with Crippen molar-refractivity contribution in [2.24, 2.45) is 0 Å². The summed E-state index contributed by atoms with van der Waals surface area (Å²) >= 11 is 7.70. The number of rotatable bonds is 7. The average molecular weight is 330 g/mol. The van der Waals surface area contributed by atoms with E-state index in [4.69, 9.17) is 16.3 Å². The molecule has 0 amide bonds. The van der Waals surface area contributed by atoms with E-state index >= 15 is 0 Å². The molecule has 0 saturated carbocycles. The quantitative estimate of drug-likeness (QED) is 0.460. The Labute approximate surface area is 136 Å². The molecule has 1 aromatic rings. The lowest BCUT2D eigenvalue weighted by molar-refractivity contribution is -0.151. The van der Waals surface area contributed by atoms with Crippen molar-refractivity contribution in [3.63, 3.8) is 0 Å². The van der Waals surface area contributed by atoms with Crippen LogP contribution in [0.3, 0.4) is 0 Å². The second-order valence-corrected chi connectivity index (χ2v) is 7.26. The number of halogens is 1. The number of benzene rings is 1. The van der Waals surface area contributed by atoms with Gasteiger partial charge in [-0.1, -0.05) is 24.6 Å². The topological polar surface area (TPSA) is 38.3 Å². The fraction of sp³-hybridized carbons (Fsp3) is 0.562. The molecule has 1 N–H and O–H groups in total. The van der Waals surface area contributed by atoms with Crippen molar-refractivity contribution < 1.29 is 9.53 Å². The first kappa shape index (κ1) is 18.3. The second kappa shape index (κ2) is 8.66. The van der Waals surface area contributed by atoms with Gasteiger partial charge in [0, 0.05) is 16.5 Å². The summed E-state index contributed by atoms with van der Waals surface area (Å²) in [5, 5.41) is 4.05. The molecule has 21 heavy (non-hydrogen) atoms. The van der Waals surface area contributed by atoms with Gasteiger partial charge in [0.2, 0.25) is 0 Å². The summed E-state index contributed by atoms with van der Waals surface area (Å²) in [6, 6.07) is 5.89. The van der Waals surface area contributed by atoms with Crippen LogP contribution in [0.25, 0.3) is 0 Å². The smallest absolute Gasteiger partial charge is 0.316 e. The first-order chi connectivity index (χ1) is 9.81. The Bertz CT molecular complexity index is 472. The molecule has 1 aromatic carbocycles. The van der Waals surface area contributed by atoms with Crippen LogP contribution in [0.2, 0.25) is 5.02 Å². The number of hydrogen-bond acceptors (Lipinski definition) is 4. The molecule has 0 aliphatic rings. The van der Waals surface area contributed by atoms with Gasteiger partial charge in [-0.25, -0.2) is 0 Å². The SMILES string of the molecule is CCCNCc1ccc(SCC(=O)OC(C)(C)C)cc1Cl. The molecule has 0 radical (unpaired) electrons. The van der Waals surface area contributed by atoms with Crippen molar-refractivity contribution in [1.29, 1.82) is 0 Å². The molecular formula is C16H24ClNO2S. The third kappa shape index (κ3) is 7.74. The lowest BCUT2D eigenvalue weighted by Crippen LogP contribution is -2.24. The lowest BCUT2D eigenvalue weighted by atomic mass is 10.2. The van der Waals surface area contributed by atoms with E-state index in [0.29, 0.717) is 5.75 Å². The molecule has 0 heterocycles. The number of hydrogen-bond donors (Lipinski definition) is 1. The Balaban J connectivity index is 2.50. The maximum Gasteiger partial charge on any atom is 0.316 e. The number of carbonyl (C=O) groups excluding carboxylic acids is 1. The van der Waals surface area contributed by atoms with E-state index in [1.54, 1.807) is 0 Å². The van der Waals surface area contributed by atoms with Crippen LogP contribution in [-0.2, 0) is 16.1 Å². The van der Waals surface area contributed by atoms with Crippen LogP contribution in [0, 0.1) is 0 Å². The maximum atomic E-state index is 11.7. The maximum absolute atomic E-state index is 11.7. The van der Waals surface area contributed by atoms with Gasteiger partial charge < -0.3 is 10.1 Å². The second-order valence-electron chi connectivity index (χ2n) is 5.81. The number of thioether (sulfide) groups is 1. The summed E-state index contributed by atoms with van der Waals surface area (Å²) in [6.07, 6.45) is 1.10.